The van der Waals surface area contributed by atoms with Crippen molar-refractivity contribution < 1.29 is 17.8 Å². The standard InChI is InChI=1S/C10H11ClN2O4S2/c11-7-3-1-6(2-4-7)5-18-10-8(12)9(14)13(10)19(15,16)17/h1-4,8,10H,5,12H2,(H,15,16,17)/t8-,10+/m0/s1. The van der Waals surface area contributed by atoms with Gasteiger partial charge in [-0.25, -0.2) is 0 Å². The molecule has 19 heavy (non-hydrogen) atoms. The molecule has 1 saturated heterocycles. The summed E-state index contributed by atoms with van der Waals surface area (Å²) in [5.74, 6) is -0.342. The summed E-state index contributed by atoms with van der Waals surface area (Å²) in [7, 11) is -4.55. The highest BCUT2D eigenvalue weighted by Gasteiger charge is 2.51. The van der Waals surface area contributed by atoms with Crippen molar-refractivity contribution >= 4 is 39.6 Å². The van der Waals surface area contributed by atoms with Crippen molar-refractivity contribution in [2.24, 2.45) is 5.73 Å². The minimum absolute atomic E-state index is 0.401. The molecule has 0 bridgehead atoms. The van der Waals surface area contributed by atoms with Crippen molar-refractivity contribution in [1.29, 1.82) is 0 Å². The lowest BCUT2D eigenvalue weighted by atomic mass is 10.2. The van der Waals surface area contributed by atoms with Crippen LogP contribution in [0.1, 0.15) is 5.56 Å². The van der Waals surface area contributed by atoms with Gasteiger partial charge in [0.2, 0.25) is 0 Å². The number of nitrogens with zero attached hydrogens (tertiary/aromatic N) is 1. The highest BCUT2D eigenvalue weighted by atomic mass is 35.5. The second kappa shape index (κ2) is 5.29. The van der Waals surface area contributed by atoms with E-state index in [1.807, 2.05) is 0 Å². The van der Waals surface area contributed by atoms with E-state index < -0.39 is 27.6 Å². The topological polar surface area (TPSA) is 101 Å². The average Bonchev–Trinajstić information content (AvgIpc) is 2.33. The van der Waals surface area contributed by atoms with E-state index in [1.54, 1.807) is 24.3 Å². The zero-order valence-corrected chi connectivity index (χ0v) is 12.0. The third kappa shape index (κ3) is 3.03. The SMILES string of the molecule is N[C@H]1C(=O)N(S(=O)(=O)O)[C@@H]1SCc1ccc(Cl)cc1. The van der Waals surface area contributed by atoms with Crippen LogP contribution in [0.15, 0.2) is 24.3 Å². The molecule has 1 aromatic carbocycles. The Morgan fingerprint density at radius 1 is 1.37 bits per heavy atom. The molecule has 6 nitrogen and oxygen atoms in total. The van der Waals surface area contributed by atoms with Crippen molar-refractivity contribution in [2.45, 2.75) is 17.2 Å². The molecule has 1 aromatic rings. The number of benzene rings is 1. The zero-order chi connectivity index (χ0) is 14.2. The maximum Gasteiger partial charge on any atom is 0.363 e. The number of β-lactam (4-membered cyclic amide) rings is 1. The van der Waals surface area contributed by atoms with Gasteiger partial charge < -0.3 is 5.73 Å². The van der Waals surface area contributed by atoms with Gasteiger partial charge in [-0.3, -0.25) is 9.35 Å². The van der Waals surface area contributed by atoms with Gasteiger partial charge in [-0.15, -0.1) is 11.8 Å². The Hall–Kier alpha value is -0.800. The van der Waals surface area contributed by atoms with Crippen molar-refractivity contribution in [3.63, 3.8) is 0 Å². The average molecular weight is 323 g/mol. The number of hydrogen-bond donors (Lipinski definition) is 2. The highest BCUT2D eigenvalue weighted by Crippen LogP contribution is 2.33. The van der Waals surface area contributed by atoms with Gasteiger partial charge in [0, 0.05) is 10.8 Å². The Balaban J connectivity index is 2.03. The third-order valence-corrected chi connectivity index (χ3v) is 5.26. The van der Waals surface area contributed by atoms with Crippen LogP contribution in [0.25, 0.3) is 0 Å². The predicted molar refractivity (Wildman–Crippen MR) is 72.9 cm³/mol. The summed E-state index contributed by atoms with van der Waals surface area (Å²) in [6, 6.07) is 6.09. The smallest absolute Gasteiger partial charge is 0.317 e. The number of amides is 1. The Labute approximate surface area is 119 Å². The van der Waals surface area contributed by atoms with Crippen LogP contribution in [0.5, 0.6) is 0 Å². The minimum atomic E-state index is -4.55. The fourth-order valence-corrected chi connectivity index (χ4v) is 4.13. The second-order valence-electron chi connectivity index (χ2n) is 3.97. The molecule has 0 saturated carbocycles. The van der Waals surface area contributed by atoms with Gasteiger partial charge in [0.1, 0.15) is 11.4 Å². The summed E-state index contributed by atoms with van der Waals surface area (Å²) in [4.78, 5) is 11.3. The Bertz CT molecular complexity index is 590. The maximum atomic E-state index is 11.3. The fourth-order valence-electron chi connectivity index (χ4n) is 1.64. The first kappa shape index (κ1) is 14.6. The van der Waals surface area contributed by atoms with Crippen molar-refractivity contribution in [3.8, 4) is 0 Å². The van der Waals surface area contributed by atoms with Gasteiger partial charge in [0.15, 0.2) is 0 Å². The molecule has 1 amide bonds. The first-order valence-corrected chi connectivity index (χ1v) is 8.05. The van der Waals surface area contributed by atoms with Crippen molar-refractivity contribution in [2.75, 3.05) is 0 Å². The quantitative estimate of drug-likeness (QED) is 0.630. The van der Waals surface area contributed by atoms with Crippen LogP contribution < -0.4 is 5.73 Å². The minimum Gasteiger partial charge on any atom is -0.317 e. The molecule has 0 aliphatic carbocycles. The van der Waals surface area contributed by atoms with Crippen LogP contribution in [0.4, 0.5) is 0 Å². The first-order valence-electron chi connectivity index (χ1n) is 5.23. The van der Waals surface area contributed by atoms with Gasteiger partial charge in [0.05, 0.1) is 0 Å². The van der Waals surface area contributed by atoms with Gasteiger partial charge in [-0.1, -0.05) is 23.7 Å². The summed E-state index contributed by atoms with van der Waals surface area (Å²) in [6.45, 7) is 0. The summed E-state index contributed by atoms with van der Waals surface area (Å²) in [5.41, 5.74) is 6.45. The van der Waals surface area contributed by atoms with Crippen molar-refractivity contribution in [3.05, 3.63) is 34.9 Å². The molecule has 1 aliphatic heterocycles. The van der Waals surface area contributed by atoms with E-state index in [0.29, 0.717) is 15.1 Å². The summed E-state index contributed by atoms with van der Waals surface area (Å²) >= 11 is 6.91. The lowest BCUT2D eigenvalue weighted by Gasteiger charge is -2.41. The molecule has 9 heteroatoms. The Morgan fingerprint density at radius 2 is 1.95 bits per heavy atom. The zero-order valence-electron chi connectivity index (χ0n) is 9.56. The van der Waals surface area contributed by atoms with E-state index in [4.69, 9.17) is 21.9 Å². The molecule has 104 valence electrons. The number of rotatable bonds is 4. The number of carbonyl (C=O) groups is 1. The van der Waals surface area contributed by atoms with Crippen LogP contribution in [0.3, 0.4) is 0 Å². The van der Waals surface area contributed by atoms with E-state index in [0.717, 1.165) is 5.56 Å². The molecule has 1 aliphatic rings. The molecule has 3 N–H and O–H groups in total. The lowest BCUT2D eigenvalue weighted by Crippen LogP contribution is -2.68. The molecule has 2 rings (SSSR count). The van der Waals surface area contributed by atoms with Crippen LogP contribution >= 0.6 is 23.4 Å². The van der Waals surface area contributed by atoms with Crippen molar-refractivity contribution in [1.82, 2.24) is 4.31 Å². The molecule has 0 unspecified atom stereocenters. The van der Waals surface area contributed by atoms with Gasteiger partial charge in [-0.05, 0) is 17.7 Å². The molecule has 0 aromatic heterocycles. The van der Waals surface area contributed by atoms with E-state index in [2.05, 4.69) is 0 Å². The van der Waals surface area contributed by atoms with E-state index in [9.17, 15) is 13.2 Å². The maximum absolute atomic E-state index is 11.3. The Morgan fingerprint density at radius 3 is 2.47 bits per heavy atom. The fraction of sp³-hybridized carbons (Fsp3) is 0.300. The normalized spacial score (nSPS) is 23.3. The number of hydrogen-bond acceptors (Lipinski definition) is 5. The summed E-state index contributed by atoms with van der Waals surface area (Å²) < 4.78 is 31.3. The van der Waals surface area contributed by atoms with Gasteiger partial charge in [0.25, 0.3) is 5.91 Å². The van der Waals surface area contributed by atoms with Crippen LogP contribution in [-0.4, -0.2) is 34.6 Å². The molecule has 1 heterocycles. The van der Waals surface area contributed by atoms with Crippen LogP contribution in [0.2, 0.25) is 5.02 Å². The number of carbonyl (C=O) groups excluding carboxylic acids is 1. The molecule has 1 fully saturated rings. The number of thioether (sulfide) groups is 1. The molecule has 0 radical (unpaired) electrons. The van der Waals surface area contributed by atoms with Gasteiger partial charge in [-0.2, -0.15) is 12.7 Å². The predicted octanol–water partition coefficient (Wildman–Crippen LogP) is 0.872. The molecular formula is C10H11ClN2O4S2. The highest BCUT2D eigenvalue weighted by molar-refractivity contribution is 8.00. The monoisotopic (exact) mass is 322 g/mol. The van der Waals surface area contributed by atoms with Crippen LogP contribution in [-0.2, 0) is 20.9 Å². The van der Waals surface area contributed by atoms with E-state index >= 15 is 0 Å². The first-order chi connectivity index (χ1) is 8.80. The van der Waals surface area contributed by atoms with E-state index in [-0.39, 0.29) is 0 Å². The molecule has 0 spiro atoms. The van der Waals surface area contributed by atoms with Crippen LogP contribution in [0, 0.1) is 0 Å². The largest absolute Gasteiger partial charge is 0.363 e. The number of nitrogens with two attached hydrogens (primary N) is 1. The van der Waals surface area contributed by atoms with Gasteiger partial charge >= 0.3 is 10.3 Å². The second-order valence-corrected chi connectivity index (χ2v) is 6.80. The lowest BCUT2D eigenvalue weighted by molar-refractivity contribution is -0.137. The van der Waals surface area contributed by atoms with E-state index in [1.165, 1.54) is 11.8 Å². The summed E-state index contributed by atoms with van der Waals surface area (Å²) in [6.07, 6.45) is 0. The summed E-state index contributed by atoms with van der Waals surface area (Å²) in [5, 5.41) is -0.179. The Kier molecular flexibility index (Phi) is 4.07. The third-order valence-electron chi connectivity index (χ3n) is 2.62. The molecule has 2 atom stereocenters. The number of halogens is 1. The molecular weight excluding hydrogens is 312 g/mol.